The normalized spacial score (nSPS) is 12.2. The lowest BCUT2D eigenvalue weighted by Gasteiger charge is -2.10. The van der Waals surface area contributed by atoms with Gasteiger partial charge >= 0.3 is 5.69 Å². The highest BCUT2D eigenvalue weighted by molar-refractivity contribution is 5.93. The Morgan fingerprint density at radius 1 is 1.29 bits per heavy atom. The van der Waals surface area contributed by atoms with Crippen molar-refractivity contribution in [3.05, 3.63) is 52.5 Å². The molecule has 0 aliphatic carbocycles. The minimum atomic E-state index is -0.454. The van der Waals surface area contributed by atoms with Crippen molar-refractivity contribution in [2.24, 2.45) is 0 Å². The quantitative estimate of drug-likeness (QED) is 0.648. The van der Waals surface area contributed by atoms with E-state index in [9.17, 15) is 9.59 Å². The van der Waals surface area contributed by atoms with E-state index >= 15 is 0 Å². The maximum absolute atomic E-state index is 12.1. The van der Waals surface area contributed by atoms with Crippen LogP contribution in [0.5, 0.6) is 0 Å². The van der Waals surface area contributed by atoms with Gasteiger partial charge in [0.1, 0.15) is 5.69 Å². The van der Waals surface area contributed by atoms with Crippen molar-refractivity contribution in [1.29, 1.82) is 0 Å². The number of H-pyrrole nitrogens is 2. The van der Waals surface area contributed by atoms with Gasteiger partial charge in [0, 0.05) is 0 Å². The predicted octanol–water partition coefficient (Wildman–Crippen LogP) is 0.532. The molecule has 3 rings (SSSR count). The van der Waals surface area contributed by atoms with E-state index in [1.165, 1.54) is 6.20 Å². The SMILES string of the molecule is C[C@@H](NC(=O)c1cnc2ccccc2n1)c1n[nH]c(=O)[nH]1. The maximum atomic E-state index is 12.1. The van der Waals surface area contributed by atoms with Crippen LogP contribution in [0, 0.1) is 0 Å². The summed E-state index contributed by atoms with van der Waals surface area (Å²) in [5, 5.41) is 8.71. The Balaban J connectivity index is 1.81. The number of aromatic nitrogens is 5. The fraction of sp³-hybridized carbons (Fsp3) is 0.154. The summed E-state index contributed by atoms with van der Waals surface area (Å²) in [4.78, 5) is 34.0. The van der Waals surface area contributed by atoms with Gasteiger partial charge in [0.05, 0.1) is 23.3 Å². The van der Waals surface area contributed by atoms with Crippen LogP contribution >= 0.6 is 0 Å². The van der Waals surface area contributed by atoms with Crippen LogP contribution < -0.4 is 11.0 Å². The number of hydrogen-bond donors (Lipinski definition) is 3. The third kappa shape index (κ3) is 2.64. The third-order valence-electron chi connectivity index (χ3n) is 2.96. The number of amides is 1. The van der Waals surface area contributed by atoms with Gasteiger partial charge in [-0.2, -0.15) is 5.10 Å². The number of carbonyl (C=O) groups is 1. The summed E-state index contributed by atoms with van der Waals surface area (Å²) in [5.41, 5.74) is 1.15. The molecular weight excluding hydrogens is 272 g/mol. The van der Waals surface area contributed by atoms with Gasteiger partial charge in [0.25, 0.3) is 5.91 Å². The number of para-hydroxylation sites is 2. The first kappa shape index (κ1) is 13.0. The Hall–Kier alpha value is -3.03. The van der Waals surface area contributed by atoms with E-state index in [0.29, 0.717) is 11.3 Å². The number of benzene rings is 1. The van der Waals surface area contributed by atoms with Crippen LogP contribution in [0.15, 0.2) is 35.3 Å². The predicted molar refractivity (Wildman–Crippen MR) is 74.6 cm³/mol. The van der Waals surface area contributed by atoms with E-state index in [1.54, 1.807) is 13.0 Å². The van der Waals surface area contributed by atoms with E-state index < -0.39 is 11.7 Å². The summed E-state index contributed by atoms with van der Waals surface area (Å²) in [5.74, 6) is -0.0355. The lowest BCUT2D eigenvalue weighted by molar-refractivity contribution is 0.0933. The van der Waals surface area contributed by atoms with Crippen molar-refractivity contribution >= 4 is 16.9 Å². The van der Waals surface area contributed by atoms with Gasteiger partial charge in [-0.25, -0.2) is 14.9 Å². The van der Waals surface area contributed by atoms with E-state index in [-0.39, 0.29) is 11.6 Å². The van der Waals surface area contributed by atoms with Crippen molar-refractivity contribution < 1.29 is 4.79 Å². The molecule has 1 amide bonds. The number of nitrogens with zero attached hydrogens (tertiary/aromatic N) is 3. The van der Waals surface area contributed by atoms with Crippen LogP contribution in [0.2, 0.25) is 0 Å². The van der Waals surface area contributed by atoms with Crippen molar-refractivity contribution in [1.82, 2.24) is 30.5 Å². The highest BCUT2D eigenvalue weighted by Gasteiger charge is 2.15. The van der Waals surface area contributed by atoms with Gasteiger partial charge in [-0.05, 0) is 19.1 Å². The Labute approximate surface area is 118 Å². The number of rotatable bonds is 3. The van der Waals surface area contributed by atoms with Crippen LogP contribution in [0.25, 0.3) is 11.0 Å². The molecule has 0 aliphatic heterocycles. The minimum absolute atomic E-state index is 0.207. The molecule has 8 nitrogen and oxygen atoms in total. The average Bonchev–Trinajstić information content (AvgIpc) is 2.93. The van der Waals surface area contributed by atoms with Crippen LogP contribution in [0.1, 0.15) is 29.3 Å². The van der Waals surface area contributed by atoms with E-state index in [1.807, 2.05) is 18.2 Å². The summed E-state index contributed by atoms with van der Waals surface area (Å²) < 4.78 is 0. The van der Waals surface area contributed by atoms with E-state index in [4.69, 9.17) is 0 Å². The molecule has 106 valence electrons. The second-order valence-electron chi connectivity index (χ2n) is 4.50. The molecule has 21 heavy (non-hydrogen) atoms. The number of aromatic amines is 2. The zero-order chi connectivity index (χ0) is 14.8. The molecule has 0 saturated carbocycles. The second kappa shape index (κ2) is 5.16. The van der Waals surface area contributed by atoms with Gasteiger partial charge in [0.15, 0.2) is 5.82 Å². The zero-order valence-electron chi connectivity index (χ0n) is 11.1. The lowest BCUT2D eigenvalue weighted by Crippen LogP contribution is -2.28. The van der Waals surface area contributed by atoms with Gasteiger partial charge < -0.3 is 5.32 Å². The van der Waals surface area contributed by atoms with Gasteiger partial charge in [-0.15, -0.1) is 0 Å². The molecule has 3 N–H and O–H groups in total. The summed E-state index contributed by atoms with van der Waals surface area (Å²) in [6.45, 7) is 1.71. The van der Waals surface area contributed by atoms with E-state index in [0.717, 1.165) is 5.52 Å². The molecule has 0 bridgehead atoms. The van der Waals surface area contributed by atoms with Crippen LogP contribution in [0.4, 0.5) is 0 Å². The largest absolute Gasteiger partial charge is 0.341 e. The first-order chi connectivity index (χ1) is 10.1. The monoisotopic (exact) mass is 284 g/mol. The molecule has 0 radical (unpaired) electrons. The Morgan fingerprint density at radius 3 is 2.76 bits per heavy atom. The van der Waals surface area contributed by atoms with Crippen molar-refractivity contribution in [2.75, 3.05) is 0 Å². The zero-order valence-corrected chi connectivity index (χ0v) is 11.1. The molecule has 1 aromatic carbocycles. The van der Waals surface area contributed by atoms with Gasteiger partial charge in [-0.1, -0.05) is 12.1 Å². The first-order valence-corrected chi connectivity index (χ1v) is 6.31. The number of hydrogen-bond acceptors (Lipinski definition) is 5. The first-order valence-electron chi connectivity index (χ1n) is 6.31. The molecule has 1 atom stereocenters. The molecule has 3 aromatic rings. The Kier molecular flexibility index (Phi) is 3.19. The van der Waals surface area contributed by atoms with E-state index in [2.05, 4.69) is 30.5 Å². The number of nitrogens with one attached hydrogen (secondary N) is 3. The molecular formula is C13H12N6O2. The molecule has 0 spiro atoms. The average molecular weight is 284 g/mol. The molecule has 2 aromatic heterocycles. The fourth-order valence-electron chi connectivity index (χ4n) is 1.89. The second-order valence-corrected chi connectivity index (χ2v) is 4.50. The lowest BCUT2D eigenvalue weighted by atomic mass is 10.2. The van der Waals surface area contributed by atoms with Gasteiger partial charge in [-0.3, -0.25) is 14.8 Å². The molecule has 0 fully saturated rings. The van der Waals surface area contributed by atoms with Crippen LogP contribution in [-0.2, 0) is 0 Å². The van der Waals surface area contributed by atoms with Crippen molar-refractivity contribution in [3.8, 4) is 0 Å². The van der Waals surface area contributed by atoms with Gasteiger partial charge in [0.2, 0.25) is 0 Å². The summed E-state index contributed by atoms with van der Waals surface area (Å²) in [6, 6.07) is 6.84. The maximum Gasteiger partial charge on any atom is 0.340 e. The molecule has 0 saturated heterocycles. The van der Waals surface area contributed by atoms with Crippen LogP contribution in [-0.4, -0.2) is 31.1 Å². The Bertz CT molecular complexity index is 853. The topological polar surface area (TPSA) is 116 Å². The van der Waals surface area contributed by atoms with Crippen LogP contribution in [0.3, 0.4) is 0 Å². The highest BCUT2D eigenvalue weighted by atomic mass is 16.2. The molecule has 2 heterocycles. The molecule has 8 heteroatoms. The molecule has 0 unspecified atom stereocenters. The summed E-state index contributed by atoms with van der Waals surface area (Å²) in [7, 11) is 0. The molecule has 0 aliphatic rings. The number of fused-ring (bicyclic) bond motifs is 1. The summed E-state index contributed by atoms with van der Waals surface area (Å²) >= 11 is 0. The smallest absolute Gasteiger partial charge is 0.340 e. The standard InChI is InChI=1S/C13H12N6O2/c1-7(11-17-13(21)19-18-11)15-12(20)10-6-14-8-4-2-3-5-9(8)16-10/h2-7H,1H3,(H,15,20)(H2,17,18,19,21)/t7-/m1/s1. The van der Waals surface area contributed by atoms with Crippen molar-refractivity contribution in [2.45, 2.75) is 13.0 Å². The minimum Gasteiger partial charge on any atom is -0.341 e. The highest BCUT2D eigenvalue weighted by Crippen LogP contribution is 2.10. The third-order valence-corrected chi connectivity index (χ3v) is 2.96. The Morgan fingerprint density at radius 2 is 2.05 bits per heavy atom. The number of carbonyl (C=O) groups excluding carboxylic acids is 1. The summed E-state index contributed by atoms with van der Waals surface area (Å²) in [6.07, 6.45) is 1.41. The van der Waals surface area contributed by atoms with Crippen molar-refractivity contribution in [3.63, 3.8) is 0 Å². The fourth-order valence-corrected chi connectivity index (χ4v) is 1.89.